The lowest BCUT2D eigenvalue weighted by atomic mass is 9.85. The van der Waals surface area contributed by atoms with Gasteiger partial charge in [-0.1, -0.05) is 12.1 Å². The van der Waals surface area contributed by atoms with Crippen LogP contribution in [0.5, 0.6) is 0 Å². The Morgan fingerprint density at radius 3 is 1.36 bits per heavy atom. The van der Waals surface area contributed by atoms with Crippen molar-refractivity contribution in [3.8, 4) is 0 Å². The third-order valence-electron chi connectivity index (χ3n) is 5.20. The molecule has 2 aromatic rings. The number of ketones is 1. The fourth-order valence-corrected chi connectivity index (χ4v) is 3.55. The molecule has 0 amide bonds. The zero-order valence-electron chi connectivity index (χ0n) is 17.1. The summed E-state index contributed by atoms with van der Waals surface area (Å²) >= 11 is 0. The van der Waals surface area contributed by atoms with Crippen LogP contribution in [0.2, 0.25) is 0 Å². The third-order valence-corrected chi connectivity index (χ3v) is 5.20. The number of carboxylic acids is 4. The quantitative estimate of drug-likeness (QED) is 0.480. The predicted molar refractivity (Wildman–Crippen MR) is 116 cm³/mol. The van der Waals surface area contributed by atoms with Crippen LogP contribution in [0.3, 0.4) is 0 Å². The first kappa shape index (κ1) is 23.1. The molecule has 0 heterocycles. The summed E-state index contributed by atoms with van der Waals surface area (Å²) < 4.78 is 0. The summed E-state index contributed by atoms with van der Waals surface area (Å²) in [5.41, 5.74) is 0.0390. The number of benzene rings is 2. The molecule has 1 saturated carbocycles. The van der Waals surface area contributed by atoms with Crippen LogP contribution in [0.4, 0.5) is 0 Å². The number of allylic oxidation sites excluding steroid dienone is 2. The average molecular weight is 450 g/mol. The molecule has 0 aliphatic heterocycles. The molecule has 0 aromatic heterocycles. The molecular weight excluding hydrogens is 432 g/mol. The van der Waals surface area contributed by atoms with Crippen molar-refractivity contribution in [1.82, 2.24) is 0 Å². The predicted octanol–water partition coefficient (Wildman–Crippen LogP) is 3.70. The fourth-order valence-electron chi connectivity index (χ4n) is 3.55. The molecule has 0 saturated heterocycles. The number of carbonyl (C=O) groups excluding carboxylic acids is 1. The largest absolute Gasteiger partial charge is 0.478 e. The highest BCUT2D eigenvalue weighted by Crippen LogP contribution is 2.30. The van der Waals surface area contributed by atoms with Crippen LogP contribution in [-0.2, 0) is 4.79 Å². The van der Waals surface area contributed by atoms with E-state index in [0.717, 1.165) is 12.1 Å². The Morgan fingerprint density at radius 1 is 0.636 bits per heavy atom. The minimum Gasteiger partial charge on any atom is -0.478 e. The van der Waals surface area contributed by atoms with Gasteiger partial charge in [0, 0.05) is 11.1 Å². The number of carboxylic acid groups (broad SMARTS) is 4. The van der Waals surface area contributed by atoms with E-state index < -0.39 is 29.7 Å². The van der Waals surface area contributed by atoms with Crippen LogP contribution >= 0.6 is 0 Å². The van der Waals surface area contributed by atoms with Crippen molar-refractivity contribution < 1.29 is 44.4 Å². The van der Waals surface area contributed by atoms with Gasteiger partial charge in [-0.2, -0.15) is 0 Å². The summed E-state index contributed by atoms with van der Waals surface area (Å²) in [4.78, 5) is 58.5. The lowest BCUT2D eigenvalue weighted by Crippen LogP contribution is -2.13. The molecule has 2 aromatic carbocycles. The van der Waals surface area contributed by atoms with E-state index in [4.69, 9.17) is 10.2 Å². The minimum absolute atomic E-state index is 0.175. The van der Waals surface area contributed by atoms with Gasteiger partial charge in [-0.25, -0.2) is 19.2 Å². The topological polar surface area (TPSA) is 166 Å². The van der Waals surface area contributed by atoms with E-state index in [1.165, 1.54) is 36.4 Å². The highest BCUT2D eigenvalue weighted by molar-refractivity contribution is 6.15. The van der Waals surface area contributed by atoms with Crippen LogP contribution < -0.4 is 0 Å². The fraction of sp³-hybridized carbons (Fsp3) is 0.125. The lowest BCUT2D eigenvalue weighted by molar-refractivity contribution is -0.112. The standard InChI is InChI=1S/C24H18O9/c25-20-14(8-12-4-6-16(21(26)27)10-18(12)23(30)31)2-1-3-15(20)9-13-5-7-17(22(28)29)11-19(13)24(32)33/h4-11H,1-3H2,(H,26,27)(H,28,29)(H,30,31)(H,32,33)/b14-8-,15-9+. The van der Waals surface area contributed by atoms with Crippen molar-refractivity contribution in [2.75, 3.05) is 0 Å². The molecule has 1 aliphatic rings. The number of hydrogen-bond acceptors (Lipinski definition) is 5. The monoisotopic (exact) mass is 450 g/mol. The smallest absolute Gasteiger partial charge is 0.336 e. The summed E-state index contributed by atoms with van der Waals surface area (Å²) in [6.07, 6.45) is 4.07. The van der Waals surface area contributed by atoms with Crippen LogP contribution in [0.1, 0.15) is 71.8 Å². The van der Waals surface area contributed by atoms with Gasteiger partial charge in [0.15, 0.2) is 5.78 Å². The maximum absolute atomic E-state index is 13.0. The first-order valence-corrected chi connectivity index (χ1v) is 9.75. The Labute approximate surface area is 186 Å². The summed E-state index contributed by atoms with van der Waals surface area (Å²) in [6.45, 7) is 0. The van der Waals surface area contributed by atoms with Gasteiger partial charge in [-0.3, -0.25) is 4.79 Å². The molecule has 0 unspecified atom stereocenters. The first-order chi connectivity index (χ1) is 15.6. The maximum atomic E-state index is 13.0. The highest BCUT2D eigenvalue weighted by Gasteiger charge is 2.23. The van der Waals surface area contributed by atoms with E-state index >= 15 is 0 Å². The van der Waals surface area contributed by atoms with Gasteiger partial charge < -0.3 is 20.4 Å². The Morgan fingerprint density at radius 2 is 1.03 bits per heavy atom. The molecule has 0 bridgehead atoms. The Bertz CT molecular complexity index is 1170. The van der Waals surface area contributed by atoms with E-state index in [0.29, 0.717) is 30.4 Å². The van der Waals surface area contributed by atoms with Gasteiger partial charge in [0.1, 0.15) is 0 Å². The summed E-state index contributed by atoms with van der Waals surface area (Å²) in [5, 5.41) is 37.1. The SMILES string of the molecule is O=C1/C(=C\c2ccc(C(=O)O)cc2C(=O)O)CCC/C1=C\c1ccc(C(=O)O)cc1C(=O)O. The Balaban J connectivity index is 2.02. The van der Waals surface area contributed by atoms with E-state index in [1.807, 2.05) is 0 Å². The third kappa shape index (κ3) is 5.04. The highest BCUT2D eigenvalue weighted by atomic mass is 16.4. The van der Waals surface area contributed by atoms with Crippen molar-refractivity contribution in [2.24, 2.45) is 0 Å². The number of hydrogen-bond donors (Lipinski definition) is 4. The van der Waals surface area contributed by atoms with Crippen molar-refractivity contribution in [3.05, 3.63) is 80.9 Å². The van der Waals surface area contributed by atoms with E-state index in [9.17, 15) is 34.2 Å². The van der Waals surface area contributed by atoms with Gasteiger partial charge in [0.2, 0.25) is 0 Å². The molecule has 1 aliphatic carbocycles. The van der Waals surface area contributed by atoms with Gasteiger partial charge in [0.25, 0.3) is 0 Å². The first-order valence-electron chi connectivity index (χ1n) is 9.75. The van der Waals surface area contributed by atoms with Crippen LogP contribution in [0.25, 0.3) is 12.2 Å². The lowest BCUT2D eigenvalue weighted by Gasteiger charge is -2.17. The molecule has 0 atom stereocenters. The molecule has 1 fully saturated rings. The zero-order valence-corrected chi connectivity index (χ0v) is 17.1. The molecular formula is C24H18O9. The van der Waals surface area contributed by atoms with E-state index in [-0.39, 0.29) is 33.4 Å². The minimum atomic E-state index is -1.34. The van der Waals surface area contributed by atoms with Crippen molar-refractivity contribution >= 4 is 41.8 Å². The van der Waals surface area contributed by atoms with Crippen LogP contribution in [0, 0.1) is 0 Å². The van der Waals surface area contributed by atoms with Gasteiger partial charge in [-0.15, -0.1) is 0 Å². The number of carbonyl (C=O) groups is 5. The van der Waals surface area contributed by atoms with E-state index in [1.54, 1.807) is 0 Å². The Kier molecular flexibility index (Phi) is 6.53. The normalized spacial score (nSPS) is 16.1. The summed E-state index contributed by atoms with van der Waals surface area (Å²) in [5.74, 6) is -5.63. The summed E-state index contributed by atoms with van der Waals surface area (Å²) in [7, 11) is 0. The van der Waals surface area contributed by atoms with Gasteiger partial charge in [-0.05, 0) is 66.8 Å². The van der Waals surface area contributed by atoms with Crippen molar-refractivity contribution in [2.45, 2.75) is 19.3 Å². The van der Waals surface area contributed by atoms with Crippen molar-refractivity contribution in [3.63, 3.8) is 0 Å². The molecule has 33 heavy (non-hydrogen) atoms. The second-order valence-corrected chi connectivity index (χ2v) is 7.35. The van der Waals surface area contributed by atoms with Gasteiger partial charge >= 0.3 is 23.9 Å². The summed E-state index contributed by atoms with van der Waals surface area (Å²) in [6, 6.07) is 7.16. The molecule has 9 nitrogen and oxygen atoms in total. The maximum Gasteiger partial charge on any atom is 0.336 e. The molecule has 3 rings (SSSR count). The second-order valence-electron chi connectivity index (χ2n) is 7.35. The zero-order chi connectivity index (χ0) is 24.3. The van der Waals surface area contributed by atoms with Crippen LogP contribution in [0.15, 0.2) is 47.5 Å². The second kappa shape index (κ2) is 9.31. The number of rotatable bonds is 6. The molecule has 168 valence electrons. The number of Topliss-reactive ketones (excluding diaryl/α,β-unsaturated/α-hetero) is 1. The number of aromatic carboxylic acids is 4. The molecule has 0 spiro atoms. The van der Waals surface area contributed by atoms with Crippen LogP contribution in [-0.4, -0.2) is 50.1 Å². The Hall–Kier alpha value is -4.53. The van der Waals surface area contributed by atoms with Gasteiger partial charge in [0.05, 0.1) is 22.3 Å². The molecule has 0 radical (unpaired) electrons. The van der Waals surface area contributed by atoms with E-state index in [2.05, 4.69) is 0 Å². The average Bonchev–Trinajstić information content (AvgIpc) is 2.76. The molecule has 4 N–H and O–H groups in total. The molecule has 9 heteroatoms. The van der Waals surface area contributed by atoms with Crippen molar-refractivity contribution in [1.29, 1.82) is 0 Å².